The van der Waals surface area contributed by atoms with Gasteiger partial charge in [0.2, 0.25) is 0 Å². The zero-order chi connectivity index (χ0) is 14.8. The minimum atomic E-state index is -4.33. The maximum Gasteiger partial charge on any atom is 0.416 e. The van der Waals surface area contributed by atoms with E-state index in [1.807, 2.05) is 19.1 Å². The number of nitrogens with one attached hydrogen (secondary N) is 1. The van der Waals surface area contributed by atoms with Crippen LogP contribution in [-0.4, -0.2) is 4.98 Å². The first-order valence-electron chi connectivity index (χ1n) is 6.22. The summed E-state index contributed by atoms with van der Waals surface area (Å²) < 4.78 is 38.2. The number of pyridine rings is 1. The number of aryl methyl sites for hydroxylation is 1. The zero-order valence-corrected chi connectivity index (χ0v) is 11.2. The molecule has 0 fully saturated rings. The Bertz CT molecular complexity index is 579. The van der Waals surface area contributed by atoms with Crippen LogP contribution in [-0.2, 0) is 6.18 Å². The zero-order valence-electron chi connectivity index (χ0n) is 11.2. The minimum Gasteiger partial charge on any atom is -0.378 e. The number of halogens is 3. The summed E-state index contributed by atoms with van der Waals surface area (Å²) in [6, 6.07) is 7.29. The van der Waals surface area contributed by atoms with E-state index >= 15 is 0 Å². The molecule has 5 heteroatoms. The van der Waals surface area contributed by atoms with Crippen molar-refractivity contribution in [1.82, 2.24) is 4.98 Å². The molecule has 2 aromatic rings. The van der Waals surface area contributed by atoms with Crippen LogP contribution >= 0.6 is 0 Å². The van der Waals surface area contributed by atoms with E-state index in [2.05, 4.69) is 10.3 Å². The number of anilines is 1. The van der Waals surface area contributed by atoms with Crippen molar-refractivity contribution in [1.29, 1.82) is 0 Å². The lowest BCUT2D eigenvalue weighted by atomic mass is 10.1. The molecular formula is C15H15F3N2. The SMILES string of the molecule is Cc1ccc(C(F)(F)F)cc1NC(C)c1ccncc1. The molecule has 0 aliphatic carbocycles. The van der Waals surface area contributed by atoms with Gasteiger partial charge >= 0.3 is 6.18 Å². The summed E-state index contributed by atoms with van der Waals surface area (Å²) in [6.07, 6.45) is -1.01. The predicted molar refractivity (Wildman–Crippen MR) is 72.5 cm³/mol. The molecule has 0 saturated heterocycles. The molecule has 0 spiro atoms. The van der Waals surface area contributed by atoms with Gasteiger partial charge in [0.1, 0.15) is 0 Å². The Kier molecular flexibility index (Phi) is 3.97. The highest BCUT2D eigenvalue weighted by atomic mass is 19.4. The maximum atomic E-state index is 12.7. The normalized spacial score (nSPS) is 13.1. The number of benzene rings is 1. The van der Waals surface area contributed by atoms with Gasteiger partial charge in [0.15, 0.2) is 0 Å². The lowest BCUT2D eigenvalue weighted by Gasteiger charge is -2.18. The van der Waals surface area contributed by atoms with Crippen LogP contribution in [0.3, 0.4) is 0 Å². The third kappa shape index (κ3) is 3.29. The van der Waals surface area contributed by atoms with E-state index in [1.54, 1.807) is 19.3 Å². The summed E-state index contributed by atoms with van der Waals surface area (Å²) in [7, 11) is 0. The summed E-state index contributed by atoms with van der Waals surface area (Å²) in [5.41, 5.74) is 1.59. The molecule has 106 valence electrons. The average Bonchev–Trinajstić information content (AvgIpc) is 2.41. The fourth-order valence-corrected chi connectivity index (χ4v) is 1.92. The van der Waals surface area contributed by atoms with Gasteiger partial charge in [-0.05, 0) is 49.2 Å². The quantitative estimate of drug-likeness (QED) is 0.890. The molecule has 1 heterocycles. The van der Waals surface area contributed by atoms with Crippen LogP contribution in [0.1, 0.15) is 29.7 Å². The van der Waals surface area contributed by atoms with E-state index in [-0.39, 0.29) is 6.04 Å². The molecule has 0 aliphatic rings. The number of alkyl halides is 3. The van der Waals surface area contributed by atoms with Crippen LogP contribution in [0.4, 0.5) is 18.9 Å². The van der Waals surface area contributed by atoms with Crippen LogP contribution in [0.25, 0.3) is 0 Å². The van der Waals surface area contributed by atoms with Gasteiger partial charge in [0.25, 0.3) is 0 Å². The minimum absolute atomic E-state index is 0.0971. The Morgan fingerprint density at radius 2 is 1.75 bits per heavy atom. The fraction of sp³-hybridized carbons (Fsp3) is 0.267. The number of hydrogen-bond donors (Lipinski definition) is 1. The van der Waals surface area contributed by atoms with E-state index < -0.39 is 11.7 Å². The molecule has 1 atom stereocenters. The highest BCUT2D eigenvalue weighted by Crippen LogP contribution is 2.33. The van der Waals surface area contributed by atoms with Gasteiger partial charge in [0.05, 0.1) is 5.56 Å². The molecule has 0 bridgehead atoms. The van der Waals surface area contributed by atoms with Gasteiger partial charge in [-0.2, -0.15) is 13.2 Å². The number of aromatic nitrogens is 1. The molecule has 2 nitrogen and oxygen atoms in total. The van der Waals surface area contributed by atoms with Crippen molar-refractivity contribution < 1.29 is 13.2 Å². The molecule has 1 unspecified atom stereocenters. The van der Waals surface area contributed by atoms with Gasteiger partial charge in [-0.25, -0.2) is 0 Å². The van der Waals surface area contributed by atoms with Crippen LogP contribution in [0.2, 0.25) is 0 Å². The third-order valence-electron chi connectivity index (χ3n) is 3.14. The van der Waals surface area contributed by atoms with E-state index in [9.17, 15) is 13.2 Å². The van der Waals surface area contributed by atoms with Crippen molar-refractivity contribution in [2.75, 3.05) is 5.32 Å². The summed E-state index contributed by atoms with van der Waals surface area (Å²) >= 11 is 0. The maximum absolute atomic E-state index is 12.7. The topological polar surface area (TPSA) is 24.9 Å². The van der Waals surface area contributed by atoms with E-state index in [0.717, 1.165) is 23.3 Å². The van der Waals surface area contributed by atoms with Crippen molar-refractivity contribution in [2.24, 2.45) is 0 Å². The molecule has 0 saturated carbocycles. The van der Waals surface area contributed by atoms with Crippen molar-refractivity contribution in [3.63, 3.8) is 0 Å². The summed E-state index contributed by atoms with van der Waals surface area (Å²) in [6.45, 7) is 3.68. The van der Waals surface area contributed by atoms with Crippen molar-refractivity contribution >= 4 is 5.69 Å². The van der Waals surface area contributed by atoms with Crippen LogP contribution < -0.4 is 5.32 Å². The second-order valence-corrected chi connectivity index (χ2v) is 4.67. The first kappa shape index (κ1) is 14.4. The van der Waals surface area contributed by atoms with Gasteiger partial charge in [0, 0.05) is 24.1 Å². The van der Waals surface area contributed by atoms with Gasteiger partial charge < -0.3 is 5.32 Å². The Morgan fingerprint density at radius 1 is 1.10 bits per heavy atom. The standard InChI is InChI=1S/C15H15F3N2/c1-10-3-4-13(15(16,17)18)9-14(10)20-11(2)12-5-7-19-8-6-12/h3-9,11,20H,1-2H3. The highest BCUT2D eigenvalue weighted by Gasteiger charge is 2.30. The van der Waals surface area contributed by atoms with Crippen molar-refractivity contribution in [3.8, 4) is 0 Å². The van der Waals surface area contributed by atoms with Crippen molar-refractivity contribution in [3.05, 3.63) is 59.4 Å². The predicted octanol–water partition coefficient (Wildman–Crippen LogP) is 4.58. The highest BCUT2D eigenvalue weighted by molar-refractivity contribution is 5.54. The van der Waals surface area contributed by atoms with Crippen LogP contribution in [0.5, 0.6) is 0 Å². The molecular weight excluding hydrogens is 265 g/mol. The van der Waals surface area contributed by atoms with E-state index in [1.165, 1.54) is 6.07 Å². The van der Waals surface area contributed by atoms with Gasteiger partial charge in [-0.3, -0.25) is 4.98 Å². The third-order valence-corrected chi connectivity index (χ3v) is 3.14. The molecule has 1 aromatic heterocycles. The van der Waals surface area contributed by atoms with Gasteiger partial charge in [-0.1, -0.05) is 6.07 Å². The molecule has 0 aliphatic heterocycles. The van der Waals surface area contributed by atoms with Crippen LogP contribution in [0, 0.1) is 6.92 Å². The lowest BCUT2D eigenvalue weighted by molar-refractivity contribution is -0.137. The first-order valence-corrected chi connectivity index (χ1v) is 6.22. The molecule has 1 N–H and O–H groups in total. The molecule has 1 aromatic carbocycles. The molecule has 0 radical (unpaired) electrons. The van der Waals surface area contributed by atoms with E-state index in [4.69, 9.17) is 0 Å². The first-order chi connectivity index (χ1) is 9.38. The smallest absolute Gasteiger partial charge is 0.378 e. The Balaban J connectivity index is 2.25. The van der Waals surface area contributed by atoms with Crippen molar-refractivity contribution in [2.45, 2.75) is 26.1 Å². The Morgan fingerprint density at radius 3 is 2.35 bits per heavy atom. The molecule has 20 heavy (non-hydrogen) atoms. The Labute approximate surface area is 115 Å². The fourth-order valence-electron chi connectivity index (χ4n) is 1.92. The second kappa shape index (κ2) is 5.53. The summed E-state index contributed by atoms with van der Waals surface area (Å²) in [5, 5.41) is 3.11. The number of nitrogens with zero attached hydrogens (tertiary/aromatic N) is 1. The number of rotatable bonds is 3. The van der Waals surface area contributed by atoms with Gasteiger partial charge in [-0.15, -0.1) is 0 Å². The van der Waals surface area contributed by atoms with Crippen LogP contribution in [0.15, 0.2) is 42.7 Å². The van der Waals surface area contributed by atoms with E-state index in [0.29, 0.717) is 5.69 Å². The largest absolute Gasteiger partial charge is 0.416 e. The molecule has 2 rings (SSSR count). The average molecular weight is 280 g/mol. The summed E-state index contributed by atoms with van der Waals surface area (Å²) in [4.78, 5) is 3.92. The monoisotopic (exact) mass is 280 g/mol. The Hall–Kier alpha value is -2.04. The summed E-state index contributed by atoms with van der Waals surface area (Å²) in [5.74, 6) is 0. The second-order valence-electron chi connectivity index (χ2n) is 4.67. The lowest BCUT2D eigenvalue weighted by Crippen LogP contribution is -2.10. The number of hydrogen-bond acceptors (Lipinski definition) is 2. The molecule has 0 amide bonds.